The minimum Gasteiger partial charge on any atom is -0.493 e. The van der Waals surface area contributed by atoms with Crippen LogP contribution in [0.25, 0.3) is 0 Å². The molecular formula is C23H23NO3S. The number of thiophene rings is 1. The first-order valence-corrected chi connectivity index (χ1v) is 10.7. The number of fused-ring (bicyclic) bond motifs is 1. The van der Waals surface area contributed by atoms with Crippen molar-refractivity contribution in [1.29, 1.82) is 0 Å². The van der Waals surface area contributed by atoms with E-state index < -0.39 is 0 Å². The second kappa shape index (κ2) is 7.76. The van der Waals surface area contributed by atoms with Gasteiger partial charge in [0.05, 0.1) is 6.61 Å². The summed E-state index contributed by atoms with van der Waals surface area (Å²) in [6, 6.07) is 18.8. The fourth-order valence-corrected chi connectivity index (χ4v) is 4.89. The Morgan fingerprint density at radius 3 is 2.79 bits per heavy atom. The fourth-order valence-electron chi connectivity index (χ4n) is 4.17. The maximum absolute atomic E-state index is 6.22. The first-order valence-electron chi connectivity index (χ1n) is 9.71. The molecule has 0 spiro atoms. The summed E-state index contributed by atoms with van der Waals surface area (Å²) in [5, 5.41) is 4.46. The third kappa shape index (κ3) is 3.54. The van der Waals surface area contributed by atoms with Crippen LogP contribution in [0, 0.1) is 5.92 Å². The predicted molar refractivity (Wildman–Crippen MR) is 112 cm³/mol. The maximum atomic E-state index is 6.22. The molecule has 28 heavy (non-hydrogen) atoms. The van der Waals surface area contributed by atoms with Crippen molar-refractivity contribution >= 4 is 17.0 Å². The van der Waals surface area contributed by atoms with Gasteiger partial charge in [0, 0.05) is 30.8 Å². The number of ether oxygens (including phenoxy) is 3. The molecule has 2 aliphatic rings. The molecule has 0 amide bonds. The first-order chi connectivity index (χ1) is 13.9. The molecule has 5 heteroatoms. The number of nitrogens with zero attached hydrogens (tertiary/aromatic N) is 1. The zero-order chi connectivity index (χ0) is 18.8. The van der Waals surface area contributed by atoms with Gasteiger partial charge < -0.3 is 19.1 Å². The van der Waals surface area contributed by atoms with E-state index in [1.165, 1.54) is 11.3 Å². The quantitative estimate of drug-likeness (QED) is 0.599. The molecule has 3 aromatic rings. The van der Waals surface area contributed by atoms with Crippen molar-refractivity contribution in [2.75, 3.05) is 31.4 Å². The number of hydrogen-bond donors (Lipinski definition) is 0. The summed E-state index contributed by atoms with van der Waals surface area (Å²) < 4.78 is 17.1. The van der Waals surface area contributed by atoms with Gasteiger partial charge >= 0.3 is 0 Å². The number of benzene rings is 2. The van der Waals surface area contributed by atoms with Gasteiger partial charge in [-0.15, -0.1) is 0 Å². The largest absolute Gasteiger partial charge is 0.493 e. The molecule has 2 aliphatic heterocycles. The summed E-state index contributed by atoms with van der Waals surface area (Å²) in [4.78, 5) is 2.48. The Balaban J connectivity index is 1.33. The molecule has 5 rings (SSSR count). The van der Waals surface area contributed by atoms with Gasteiger partial charge in [-0.1, -0.05) is 18.2 Å². The highest BCUT2D eigenvalue weighted by Gasteiger charge is 2.31. The number of hydrogen-bond acceptors (Lipinski definition) is 5. The molecule has 1 saturated heterocycles. The molecule has 0 radical (unpaired) electrons. The topological polar surface area (TPSA) is 30.9 Å². The summed E-state index contributed by atoms with van der Waals surface area (Å²) in [5.41, 5.74) is 2.73. The van der Waals surface area contributed by atoms with Gasteiger partial charge in [0.1, 0.15) is 5.75 Å². The van der Waals surface area contributed by atoms with Gasteiger partial charge in [0.25, 0.3) is 0 Å². The third-order valence-electron chi connectivity index (χ3n) is 5.63. The molecule has 2 unspecified atom stereocenters. The van der Waals surface area contributed by atoms with Crippen LogP contribution in [0.5, 0.6) is 17.2 Å². The van der Waals surface area contributed by atoms with Crippen LogP contribution in [0.1, 0.15) is 17.9 Å². The van der Waals surface area contributed by atoms with E-state index in [2.05, 4.69) is 52.1 Å². The lowest BCUT2D eigenvalue weighted by Crippen LogP contribution is -2.42. The number of para-hydroxylation sites is 1. The van der Waals surface area contributed by atoms with E-state index in [1.54, 1.807) is 11.3 Å². The highest BCUT2D eigenvalue weighted by molar-refractivity contribution is 7.08. The van der Waals surface area contributed by atoms with E-state index >= 15 is 0 Å². The van der Waals surface area contributed by atoms with E-state index in [9.17, 15) is 0 Å². The Hall–Kier alpha value is -2.66. The molecule has 2 aromatic carbocycles. The third-order valence-corrected chi connectivity index (χ3v) is 6.34. The highest BCUT2D eigenvalue weighted by atomic mass is 32.1. The molecule has 0 saturated carbocycles. The molecule has 0 aliphatic carbocycles. The Morgan fingerprint density at radius 2 is 1.93 bits per heavy atom. The Labute approximate surface area is 169 Å². The Kier molecular flexibility index (Phi) is 4.83. The molecule has 144 valence electrons. The minimum atomic E-state index is 0.285. The standard InChI is InChI=1S/C23H23NO3S/c1-2-4-19(5-3-1)24-10-8-21(17-9-11-28-15-17)18(13-24)14-25-20-6-7-22-23(12-20)27-16-26-22/h1-7,9,11-12,15,18,21H,8,10,13-14,16H2. The first kappa shape index (κ1) is 17.4. The number of anilines is 1. The molecule has 1 fully saturated rings. The van der Waals surface area contributed by atoms with Crippen molar-refractivity contribution in [3.05, 3.63) is 70.9 Å². The lowest BCUT2D eigenvalue weighted by Gasteiger charge is -2.39. The summed E-state index contributed by atoms with van der Waals surface area (Å²) >= 11 is 1.78. The van der Waals surface area contributed by atoms with Gasteiger partial charge in [0.15, 0.2) is 11.5 Å². The van der Waals surface area contributed by atoms with Crippen LogP contribution in [-0.2, 0) is 0 Å². The van der Waals surface area contributed by atoms with Crippen molar-refractivity contribution in [3.8, 4) is 17.2 Å². The normalized spacial score (nSPS) is 20.9. The van der Waals surface area contributed by atoms with Gasteiger partial charge in [-0.25, -0.2) is 0 Å². The molecule has 4 nitrogen and oxygen atoms in total. The van der Waals surface area contributed by atoms with E-state index in [1.807, 2.05) is 18.2 Å². The van der Waals surface area contributed by atoms with Crippen LogP contribution >= 0.6 is 11.3 Å². The minimum absolute atomic E-state index is 0.285. The van der Waals surface area contributed by atoms with Crippen molar-refractivity contribution in [3.63, 3.8) is 0 Å². The van der Waals surface area contributed by atoms with E-state index in [0.717, 1.165) is 36.8 Å². The lowest BCUT2D eigenvalue weighted by atomic mass is 9.82. The summed E-state index contributed by atoms with van der Waals surface area (Å²) in [5.74, 6) is 3.34. The average molecular weight is 394 g/mol. The number of rotatable bonds is 5. The van der Waals surface area contributed by atoms with Crippen LogP contribution in [0.2, 0.25) is 0 Å². The predicted octanol–water partition coefficient (Wildman–Crippen LogP) is 5.17. The van der Waals surface area contributed by atoms with Crippen LogP contribution < -0.4 is 19.1 Å². The molecule has 3 heterocycles. The molecule has 0 bridgehead atoms. The SMILES string of the molecule is c1ccc(N2CCC(c3ccsc3)C(COc3ccc4c(c3)OCO4)C2)cc1. The average Bonchev–Trinajstić information content (AvgIpc) is 3.44. The van der Waals surface area contributed by atoms with Gasteiger partial charge in [0.2, 0.25) is 6.79 Å². The fraction of sp³-hybridized carbons (Fsp3) is 0.304. The van der Waals surface area contributed by atoms with Crippen molar-refractivity contribution in [2.45, 2.75) is 12.3 Å². The zero-order valence-corrected chi connectivity index (χ0v) is 16.4. The maximum Gasteiger partial charge on any atom is 0.231 e. The molecular weight excluding hydrogens is 370 g/mol. The second-order valence-electron chi connectivity index (χ2n) is 7.32. The van der Waals surface area contributed by atoms with Crippen LogP contribution in [0.3, 0.4) is 0 Å². The number of piperidine rings is 1. The monoisotopic (exact) mass is 393 g/mol. The van der Waals surface area contributed by atoms with Crippen LogP contribution in [0.15, 0.2) is 65.4 Å². The van der Waals surface area contributed by atoms with Crippen molar-refractivity contribution in [2.24, 2.45) is 5.92 Å². The van der Waals surface area contributed by atoms with Crippen LogP contribution in [0.4, 0.5) is 5.69 Å². The van der Waals surface area contributed by atoms with Gasteiger partial charge in [-0.05, 0) is 59.0 Å². The van der Waals surface area contributed by atoms with Crippen molar-refractivity contribution in [1.82, 2.24) is 0 Å². The summed E-state index contributed by atoms with van der Waals surface area (Å²) in [6.07, 6.45) is 1.14. The Morgan fingerprint density at radius 1 is 1.04 bits per heavy atom. The van der Waals surface area contributed by atoms with Crippen LogP contribution in [-0.4, -0.2) is 26.5 Å². The molecule has 2 atom stereocenters. The van der Waals surface area contributed by atoms with E-state index in [0.29, 0.717) is 18.4 Å². The van der Waals surface area contributed by atoms with E-state index in [-0.39, 0.29) is 6.79 Å². The van der Waals surface area contributed by atoms with Gasteiger partial charge in [-0.2, -0.15) is 11.3 Å². The molecule has 1 aromatic heterocycles. The van der Waals surface area contributed by atoms with Crippen molar-refractivity contribution < 1.29 is 14.2 Å². The zero-order valence-electron chi connectivity index (χ0n) is 15.6. The Bertz CT molecular complexity index is 913. The summed E-state index contributed by atoms with van der Waals surface area (Å²) in [6.45, 7) is 3.04. The second-order valence-corrected chi connectivity index (χ2v) is 8.10. The highest BCUT2D eigenvalue weighted by Crippen LogP contribution is 2.38. The summed E-state index contributed by atoms with van der Waals surface area (Å²) in [7, 11) is 0. The lowest BCUT2D eigenvalue weighted by molar-refractivity contribution is 0.173. The smallest absolute Gasteiger partial charge is 0.231 e. The molecule has 0 N–H and O–H groups in total. The van der Waals surface area contributed by atoms with Gasteiger partial charge in [-0.3, -0.25) is 0 Å². The van der Waals surface area contributed by atoms with E-state index in [4.69, 9.17) is 14.2 Å².